The second-order valence-corrected chi connectivity index (χ2v) is 7.72. The fourth-order valence-electron chi connectivity index (χ4n) is 2.44. The van der Waals surface area contributed by atoms with E-state index in [4.69, 9.17) is 9.47 Å². The van der Waals surface area contributed by atoms with Gasteiger partial charge >= 0.3 is 5.97 Å². The Morgan fingerprint density at radius 1 is 1.38 bits per heavy atom. The Bertz CT molecular complexity index is 744. The highest BCUT2D eigenvalue weighted by atomic mass is 32.2. The van der Waals surface area contributed by atoms with Gasteiger partial charge in [-0.15, -0.1) is 0 Å². The summed E-state index contributed by atoms with van der Waals surface area (Å²) in [4.78, 5) is 25.3. The summed E-state index contributed by atoms with van der Waals surface area (Å²) in [6.07, 6.45) is 0.370. The smallest absolute Gasteiger partial charge is 0.342 e. The second-order valence-electron chi connectivity index (χ2n) is 5.49. The van der Waals surface area contributed by atoms with E-state index in [9.17, 15) is 23.1 Å². The number of carbonyl (C=O) groups excluding carboxylic acids is 2. The molecule has 8 nitrogen and oxygen atoms in total. The first-order valence-electron chi connectivity index (χ1n) is 7.24. The summed E-state index contributed by atoms with van der Waals surface area (Å²) in [5.74, 6) is -1.66. The van der Waals surface area contributed by atoms with E-state index in [1.165, 1.54) is 37.3 Å². The van der Waals surface area contributed by atoms with E-state index in [2.05, 4.69) is 0 Å². The number of hydrogen-bond donors (Lipinski definition) is 1. The second kappa shape index (κ2) is 7.08. The number of carbonyl (C=O) groups is 2. The molecule has 1 atom stereocenters. The van der Waals surface area contributed by atoms with Crippen LogP contribution in [0.5, 0.6) is 11.5 Å². The number of esters is 1. The molecule has 1 aromatic rings. The highest BCUT2D eigenvalue weighted by Gasteiger charge is 2.33. The van der Waals surface area contributed by atoms with Crippen molar-refractivity contribution in [2.45, 2.75) is 12.5 Å². The van der Waals surface area contributed by atoms with Crippen molar-refractivity contribution in [3.05, 3.63) is 23.8 Å². The molecule has 1 heterocycles. The zero-order valence-corrected chi connectivity index (χ0v) is 14.2. The number of para-hydroxylation sites is 1. The van der Waals surface area contributed by atoms with Gasteiger partial charge in [0.25, 0.3) is 5.91 Å². The molecule has 0 bridgehead atoms. The summed E-state index contributed by atoms with van der Waals surface area (Å²) in [6, 6.07) is 3.92. The average molecular weight is 357 g/mol. The lowest BCUT2D eigenvalue weighted by atomic mass is 10.2. The number of nitrogens with zero attached hydrogens (tertiary/aromatic N) is 1. The maximum absolute atomic E-state index is 12.1. The Hall–Kier alpha value is -2.29. The Morgan fingerprint density at radius 3 is 2.67 bits per heavy atom. The zero-order valence-electron chi connectivity index (χ0n) is 13.4. The van der Waals surface area contributed by atoms with Gasteiger partial charge in [0.2, 0.25) is 0 Å². The Balaban J connectivity index is 1.95. The Morgan fingerprint density at radius 2 is 2.08 bits per heavy atom. The monoisotopic (exact) mass is 357 g/mol. The summed E-state index contributed by atoms with van der Waals surface area (Å²) in [5, 5.41) is 9.88. The van der Waals surface area contributed by atoms with Crippen LogP contribution in [0.2, 0.25) is 0 Å². The number of hydrogen-bond acceptors (Lipinski definition) is 7. The summed E-state index contributed by atoms with van der Waals surface area (Å²) in [6.45, 7) is -0.539. The fraction of sp³-hybridized carbons (Fsp3) is 0.467. The van der Waals surface area contributed by atoms with E-state index in [1.807, 2.05) is 0 Å². The maximum Gasteiger partial charge on any atom is 0.342 e. The van der Waals surface area contributed by atoms with Crippen LogP contribution in [0.1, 0.15) is 16.8 Å². The van der Waals surface area contributed by atoms with Gasteiger partial charge in [-0.2, -0.15) is 0 Å². The van der Waals surface area contributed by atoms with Crippen LogP contribution in [0, 0.1) is 0 Å². The van der Waals surface area contributed by atoms with Crippen LogP contribution in [0.3, 0.4) is 0 Å². The first-order chi connectivity index (χ1) is 11.2. The third-order valence-electron chi connectivity index (χ3n) is 3.92. The van der Waals surface area contributed by atoms with Gasteiger partial charge in [-0.05, 0) is 18.6 Å². The van der Waals surface area contributed by atoms with Gasteiger partial charge in [0.1, 0.15) is 5.56 Å². The molecule has 1 aliphatic heterocycles. The standard InChI is InChI=1S/C15H19NO7S/c1-16(10-6-7-24(20,21)9-10)13(17)8-23-15(19)11-4-3-5-12(22-2)14(11)18/h3-5,10,18H,6-9H2,1-2H3. The van der Waals surface area contributed by atoms with Crippen LogP contribution in [0.4, 0.5) is 0 Å². The summed E-state index contributed by atoms with van der Waals surface area (Å²) >= 11 is 0. The highest BCUT2D eigenvalue weighted by molar-refractivity contribution is 7.91. The number of benzene rings is 1. The van der Waals surface area contributed by atoms with Gasteiger partial charge in [0.15, 0.2) is 27.9 Å². The van der Waals surface area contributed by atoms with Gasteiger partial charge in [-0.1, -0.05) is 6.07 Å². The van der Waals surface area contributed by atoms with Gasteiger partial charge in [0, 0.05) is 13.1 Å². The SMILES string of the molecule is COc1cccc(C(=O)OCC(=O)N(C)C2CCS(=O)(=O)C2)c1O. The van der Waals surface area contributed by atoms with Crippen molar-refractivity contribution in [2.24, 2.45) is 0 Å². The third-order valence-corrected chi connectivity index (χ3v) is 5.67. The number of ether oxygens (including phenoxy) is 2. The highest BCUT2D eigenvalue weighted by Crippen LogP contribution is 2.29. The van der Waals surface area contributed by atoms with E-state index in [1.54, 1.807) is 0 Å². The molecule has 1 N–H and O–H groups in total. The summed E-state index contributed by atoms with van der Waals surface area (Å²) in [5.41, 5.74) is -0.117. The molecular formula is C15H19NO7S. The predicted molar refractivity (Wildman–Crippen MR) is 84.8 cm³/mol. The molecule has 132 valence electrons. The Labute approximate surface area is 139 Å². The number of phenolic OH excluding ortho intramolecular Hbond substituents is 1. The van der Waals surface area contributed by atoms with Gasteiger partial charge in [-0.3, -0.25) is 4.79 Å². The molecule has 24 heavy (non-hydrogen) atoms. The van der Waals surface area contributed by atoms with Crippen LogP contribution in [0.25, 0.3) is 0 Å². The van der Waals surface area contributed by atoms with E-state index < -0.39 is 34.4 Å². The number of aromatic hydroxyl groups is 1. The van der Waals surface area contributed by atoms with Crippen LogP contribution in [-0.4, -0.2) is 68.6 Å². The van der Waals surface area contributed by atoms with Crippen molar-refractivity contribution >= 4 is 21.7 Å². The number of amides is 1. The lowest BCUT2D eigenvalue weighted by Crippen LogP contribution is -2.40. The van der Waals surface area contributed by atoms with Crippen molar-refractivity contribution < 1.29 is 32.6 Å². The number of phenols is 1. The normalized spacial score (nSPS) is 18.8. The van der Waals surface area contributed by atoms with E-state index in [-0.39, 0.29) is 28.6 Å². The lowest BCUT2D eigenvalue weighted by Gasteiger charge is -2.23. The molecule has 1 aromatic carbocycles. The van der Waals surface area contributed by atoms with Crippen molar-refractivity contribution in [1.82, 2.24) is 4.90 Å². The van der Waals surface area contributed by atoms with Crippen molar-refractivity contribution in [3.8, 4) is 11.5 Å². The van der Waals surface area contributed by atoms with Gasteiger partial charge in [0.05, 0.1) is 18.6 Å². The molecule has 0 radical (unpaired) electrons. The van der Waals surface area contributed by atoms with Crippen molar-refractivity contribution in [3.63, 3.8) is 0 Å². The molecule has 1 fully saturated rings. The fourth-order valence-corrected chi connectivity index (χ4v) is 4.22. The number of rotatable bonds is 5. The first kappa shape index (κ1) is 18.1. The third kappa shape index (κ3) is 3.97. The molecule has 0 saturated carbocycles. The average Bonchev–Trinajstić information content (AvgIpc) is 2.91. The van der Waals surface area contributed by atoms with E-state index in [0.29, 0.717) is 6.42 Å². The largest absolute Gasteiger partial charge is 0.504 e. The lowest BCUT2D eigenvalue weighted by molar-refractivity contribution is -0.134. The molecule has 0 aliphatic carbocycles. The molecule has 1 aliphatic rings. The topological polar surface area (TPSA) is 110 Å². The predicted octanol–water partition coefficient (Wildman–Crippen LogP) is 0.203. The quantitative estimate of drug-likeness (QED) is 0.750. The van der Waals surface area contributed by atoms with Crippen LogP contribution in [-0.2, 0) is 19.4 Å². The molecule has 2 rings (SSSR count). The maximum atomic E-state index is 12.1. The molecule has 1 unspecified atom stereocenters. The van der Waals surface area contributed by atoms with Gasteiger partial charge < -0.3 is 19.5 Å². The minimum Gasteiger partial charge on any atom is -0.504 e. The van der Waals surface area contributed by atoms with Crippen LogP contribution in [0.15, 0.2) is 18.2 Å². The summed E-state index contributed by atoms with van der Waals surface area (Å²) < 4.78 is 32.7. The first-order valence-corrected chi connectivity index (χ1v) is 9.06. The molecule has 0 aromatic heterocycles. The van der Waals surface area contributed by atoms with E-state index >= 15 is 0 Å². The number of sulfone groups is 1. The summed E-state index contributed by atoms with van der Waals surface area (Å²) in [7, 11) is -0.288. The Kier molecular flexibility index (Phi) is 5.33. The number of likely N-dealkylation sites (N-methyl/N-ethyl adjacent to an activating group) is 1. The number of methoxy groups -OCH3 is 1. The zero-order chi connectivity index (χ0) is 17.9. The molecule has 9 heteroatoms. The molecular weight excluding hydrogens is 338 g/mol. The molecule has 0 spiro atoms. The minimum absolute atomic E-state index is 0.0484. The van der Waals surface area contributed by atoms with Crippen LogP contribution < -0.4 is 4.74 Å². The van der Waals surface area contributed by atoms with Crippen LogP contribution >= 0.6 is 0 Å². The van der Waals surface area contributed by atoms with Gasteiger partial charge in [-0.25, -0.2) is 13.2 Å². The molecule has 1 amide bonds. The van der Waals surface area contributed by atoms with E-state index in [0.717, 1.165) is 0 Å². The van der Waals surface area contributed by atoms with Crippen molar-refractivity contribution in [2.75, 3.05) is 32.3 Å². The molecule has 1 saturated heterocycles. The van der Waals surface area contributed by atoms with Crippen molar-refractivity contribution in [1.29, 1.82) is 0 Å². The minimum atomic E-state index is -3.11.